The van der Waals surface area contributed by atoms with Crippen molar-refractivity contribution >= 4 is 39.1 Å². The Bertz CT molecular complexity index is 758. The Kier molecular flexibility index (Phi) is 5.03. The number of aromatic nitrogens is 3. The molecule has 0 amide bonds. The highest BCUT2D eigenvalue weighted by molar-refractivity contribution is 7.70. The molecule has 9 heteroatoms. The number of hydrogen-bond acceptors (Lipinski definition) is 6. The monoisotopic (exact) mass is 355 g/mol. The lowest BCUT2D eigenvalue weighted by Gasteiger charge is -2.34. The molecular formula is C14H20ClN6OS-. The number of nitrogens with one attached hydrogen (secondary N) is 2. The zero-order valence-electron chi connectivity index (χ0n) is 13.0. The maximum absolute atomic E-state index is 11.2. The van der Waals surface area contributed by atoms with Crippen LogP contribution in [0.5, 0.6) is 0 Å². The van der Waals surface area contributed by atoms with Crippen LogP contribution in [0.25, 0.3) is 11.0 Å². The Labute approximate surface area is 142 Å². The Morgan fingerprint density at radius 3 is 2.87 bits per heavy atom. The van der Waals surface area contributed by atoms with Crippen molar-refractivity contribution in [3.63, 3.8) is 0 Å². The SMILES string of the molecule is CCn1nc(Cl)c2c(NCC3CCN([S-](=N)=O)CC3)ccnc21. The minimum absolute atomic E-state index is 0.469. The number of anilines is 1. The Hall–Kier alpha value is -1.38. The summed E-state index contributed by atoms with van der Waals surface area (Å²) in [6.45, 7) is 4.98. The molecule has 0 unspecified atom stereocenters. The summed E-state index contributed by atoms with van der Waals surface area (Å²) in [6.07, 6.45) is 3.64. The number of halogens is 1. The van der Waals surface area contributed by atoms with Gasteiger partial charge in [0.1, 0.15) is 0 Å². The maximum Gasteiger partial charge on any atom is 0.162 e. The van der Waals surface area contributed by atoms with Crippen LogP contribution in [0.15, 0.2) is 12.3 Å². The summed E-state index contributed by atoms with van der Waals surface area (Å²) in [5.41, 5.74) is 1.74. The van der Waals surface area contributed by atoms with E-state index in [2.05, 4.69) is 15.4 Å². The first-order valence-electron chi connectivity index (χ1n) is 7.73. The minimum atomic E-state index is -1.60. The van der Waals surface area contributed by atoms with Gasteiger partial charge in [-0.05, 0) is 44.8 Å². The van der Waals surface area contributed by atoms with Gasteiger partial charge in [0, 0.05) is 25.0 Å². The molecule has 23 heavy (non-hydrogen) atoms. The largest absolute Gasteiger partial charge is 0.430 e. The number of rotatable bonds is 5. The third-order valence-electron chi connectivity index (χ3n) is 4.28. The van der Waals surface area contributed by atoms with Crippen molar-refractivity contribution in [1.29, 1.82) is 4.78 Å². The van der Waals surface area contributed by atoms with E-state index in [4.69, 9.17) is 16.4 Å². The zero-order chi connectivity index (χ0) is 16.4. The Balaban J connectivity index is 1.70. The molecule has 3 heterocycles. The molecule has 0 radical (unpaired) electrons. The van der Waals surface area contributed by atoms with Crippen molar-refractivity contribution in [1.82, 2.24) is 19.1 Å². The van der Waals surface area contributed by atoms with Gasteiger partial charge in [-0.1, -0.05) is 11.6 Å². The third-order valence-corrected chi connectivity index (χ3v) is 5.38. The van der Waals surface area contributed by atoms with Crippen molar-refractivity contribution in [3.05, 3.63) is 17.4 Å². The molecule has 1 aliphatic heterocycles. The van der Waals surface area contributed by atoms with Gasteiger partial charge >= 0.3 is 0 Å². The summed E-state index contributed by atoms with van der Waals surface area (Å²) in [7, 11) is -1.60. The zero-order valence-corrected chi connectivity index (χ0v) is 14.5. The van der Waals surface area contributed by atoms with Crippen molar-refractivity contribution in [2.45, 2.75) is 26.3 Å². The molecular weight excluding hydrogens is 336 g/mol. The number of fused-ring (bicyclic) bond motifs is 1. The van der Waals surface area contributed by atoms with Crippen molar-refractivity contribution in [2.24, 2.45) is 5.92 Å². The van der Waals surface area contributed by atoms with E-state index in [1.165, 1.54) is 0 Å². The predicted molar refractivity (Wildman–Crippen MR) is 91.8 cm³/mol. The Morgan fingerprint density at radius 2 is 2.22 bits per heavy atom. The molecule has 2 N–H and O–H groups in total. The van der Waals surface area contributed by atoms with Crippen LogP contribution < -0.4 is 5.32 Å². The van der Waals surface area contributed by atoms with E-state index in [1.54, 1.807) is 15.2 Å². The summed E-state index contributed by atoms with van der Waals surface area (Å²) in [4.78, 5) is 4.37. The quantitative estimate of drug-likeness (QED) is 0.807. The van der Waals surface area contributed by atoms with Crippen LogP contribution in [0.3, 0.4) is 0 Å². The van der Waals surface area contributed by atoms with Crippen LogP contribution >= 0.6 is 11.6 Å². The fraction of sp³-hybridized carbons (Fsp3) is 0.571. The van der Waals surface area contributed by atoms with E-state index >= 15 is 0 Å². The number of hydrogen-bond donors (Lipinski definition) is 2. The van der Waals surface area contributed by atoms with Gasteiger partial charge in [-0.25, -0.2) is 9.67 Å². The lowest BCUT2D eigenvalue weighted by Crippen LogP contribution is -2.34. The maximum atomic E-state index is 11.2. The highest BCUT2D eigenvalue weighted by atomic mass is 35.5. The lowest BCUT2D eigenvalue weighted by atomic mass is 9.98. The van der Waals surface area contributed by atoms with E-state index in [9.17, 15) is 4.21 Å². The standard InChI is InChI=1S/C14H20ClN6OS/c1-2-21-14-12(13(15)19-21)11(3-6-17-14)18-9-10-4-7-20(8-5-10)23(16)22/h3,6,10,16H,2,4-5,7-9H2,1H3,(H,17,18)/q-1. The summed E-state index contributed by atoms with van der Waals surface area (Å²) < 4.78 is 21.9. The number of piperidine rings is 1. The first-order chi connectivity index (χ1) is 11.1. The molecule has 0 aromatic carbocycles. The van der Waals surface area contributed by atoms with Crippen molar-refractivity contribution in [2.75, 3.05) is 25.0 Å². The second-order valence-electron chi connectivity index (χ2n) is 5.67. The highest BCUT2D eigenvalue weighted by Crippen LogP contribution is 2.29. The van der Waals surface area contributed by atoms with Gasteiger partial charge in [0.05, 0.1) is 5.39 Å². The molecule has 0 bridgehead atoms. The summed E-state index contributed by atoms with van der Waals surface area (Å²) in [6, 6.07) is 1.92. The minimum Gasteiger partial charge on any atom is -0.430 e. The fourth-order valence-corrected chi connectivity index (χ4v) is 3.77. The van der Waals surface area contributed by atoms with Crippen LogP contribution in [-0.2, 0) is 21.5 Å². The van der Waals surface area contributed by atoms with E-state index in [-0.39, 0.29) is 0 Å². The van der Waals surface area contributed by atoms with Gasteiger partial charge < -0.3 is 18.6 Å². The van der Waals surface area contributed by atoms with Gasteiger partial charge in [-0.2, -0.15) is 5.10 Å². The molecule has 2 aromatic heterocycles. The number of nitrogens with zero attached hydrogens (tertiary/aromatic N) is 4. The smallest absolute Gasteiger partial charge is 0.162 e. The first kappa shape index (κ1) is 16.5. The van der Waals surface area contributed by atoms with Crippen LogP contribution in [-0.4, -0.2) is 38.7 Å². The van der Waals surface area contributed by atoms with E-state index in [0.29, 0.717) is 24.2 Å². The highest BCUT2D eigenvalue weighted by Gasteiger charge is 2.18. The normalized spacial score (nSPS) is 17.2. The van der Waals surface area contributed by atoms with Gasteiger partial charge in [-0.3, -0.25) is 0 Å². The predicted octanol–water partition coefficient (Wildman–Crippen LogP) is 2.87. The van der Waals surface area contributed by atoms with E-state index < -0.39 is 10.8 Å². The second kappa shape index (κ2) is 7.02. The second-order valence-corrected chi connectivity index (χ2v) is 7.04. The third kappa shape index (κ3) is 3.44. The van der Waals surface area contributed by atoms with Crippen LogP contribution in [0, 0.1) is 10.7 Å². The van der Waals surface area contributed by atoms with Gasteiger partial charge in [0.15, 0.2) is 10.8 Å². The molecule has 7 nitrogen and oxygen atoms in total. The van der Waals surface area contributed by atoms with Crippen molar-refractivity contribution < 1.29 is 4.21 Å². The molecule has 1 aliphatic rings. The average molecular weight is 356 g/mol. The molecule has 0 aliphatic carbocycles. The molecule has 2 aromatic rings. The molecule has 0 atom stereocenters. The summed E-state index contributed by atoms with van der Waals surface area (Å²) in [5, 5.41) is 9.10. The molecule has 1 fully saturated rings. The summed E-state index contributed by atoms with van der Waals surface area (Å²) in [5.74, 6) is 0.498. The molecule has 3 rings (SSSR count). The van der Waals surface area contributed by atoms with Crippen LogP contribution in [0.2, 0.25) is 5.15 Å². The van der Waals surface area contributed by atoms with Gasteiger partial charge in [0.2, 0.25) is 0 Å². The fourth-order valence-electron chi connectivity index (χ4n) is 2.95. The first-order valence-corrected chi connectivity index (χ1v) is 9.21. The van der Waals surface area contributed by atoms with E-state index in [1.807, 2.05) is 13.0 Å². The molecule has 126 valence electrons. The topological polar surface area (TPSA) is 86.9 Å². The van der Waals surface area contributed by atoms with E-state index in [0.717, 1.165) is 42.7 Å². The number of aryl methyl sites for hydroxylation is 1. The number of pyridine rings is 1. The molecule has 0 saturated carbocycles. The average Bonchev–Trinajstić information content (AvgIpc) is 2.90. The molecule has 1 saturated heterocycles. The molecule has 0 spiro atoms. The van der Waals surface area contributed by atoms with Crippen LogP contribution in [0.4, 0.5) is 5.69 Å². The van der Waals surface area contributed by atoms with Crippen molar-refractivity contribution in [3.8, 4) is 0 Å². The van der Waals surface area contributed by atoms with Gasteiger partial charge in [0.25, 0.3) is 0 Å². The lowest BCUT2D eigenvalue weighted by molar-refractivity contribution is 0.292. The summed E-state index contributed by atoms with van der Waals surface area (Å²) >= 11 is 6.26. The van der Waals surface area contributed by atoms with Crippen LogP contribution in [0.1, 0.15) is 19.8 Å². The van der Waals surface area contributed by atoms with Gasteiger partial charge in [-0.15, -0.1) is 10.8 Å². The Morgan fingerprint density at radius 1 is 1.48 bits per heavy atom.